The van der Waals surface area contributed by atoms with Gasteiger partial charge in [0.1, 0.15) is 17.1 Å². The van der Waals surface area contributed by atoms with Crippen molar-refractivity contribution < 1.29 is 19.4 Å². The van der Waals surface area contributed by atoms with E-state index in [-0.39, 0.29) is 17.7 Å². The molecule has 1 aliphatic heterocycles. The molecule has 0 saturated carbocycles. The normalized spacial score (nSPS) is 14.9. The number of H-pyrrole nitrogens is 1. The Morgan fingerprint density at radius 2 is 1.83 bits per heavy atom. The monoisotopic (exact) mass is 491 g/mol. The number of ether oxygens (including phenoxy) is 2. The Labute approximate surface area is 213 Å². The summed E-state index contributed by atoms with van der Waals surface area (Å²) < 4.78 is 11.6. The molecule has 2 heterocycles. The minimum absolute atomic E-state index is 0.0732. The van der Waals surface area contributed by atoms with Crippen LogP contribution in [0.25, 0.3) is 11.3 Å². The quantitative estimate of drug-likeness (QED) is 0.306. The molecule has 1 unspecified atom stereocenters. The number of phenols is 1. The standard InChI is InChI=1S/C29H37N3O4/c1-6-8-10-13-32-27(20-11-12-22(23(17-20)35-5)36-14-9-7-2)24-25(30-31-26(24)29(32)34)21-16-18(3)15-19(4)28(21)33/h11-12,15-17,27,33H,6-10,13-14H2,1-5H3,(H,30,31). The van der Waals surface area contributed by atoms with Crippen LogP contribution in [0.15, 0.2) is 30.3 Å². The third kappa shape index (κ3) is 4.79. The number of aromatic nitrogens is 2. The van der Waals surface area contributed by atoms with Crippen LogP contribution in [0.1, 0.15) is 84.7 Å². The number of hydrogen-bond acceptors (Lipinski definition) is 5. The number of phenolic OH excluding ortho intramolecular Hbond substituents is 1. The van der Waals surface area contributed by atoms with E-state index in [9.17, 15) is 9.90 Å². The topological polar surface area (TPSA) is 87.7 Å². The van der Waals surface area contributed by atoms with E-state index in [1.54, 1.807) is 7.11 Å². The average molecular weight is 492 g/mol. The van der Waals surface area contributed by atoms with Gasteiger partial charge < -0.3 is 19.5 Å². The number of amides is 1. The fraction of sp³-hybridized carbons (Fsp3) is 0.448. The van der Waals surface area contributed by atoms with Gasteiger partial charge in [-0.1, -0.05) is 45.2 Å². The molecule has 1 amide bonds. The molecular weight excluding hydrogens is 454 g/mol. The molecule has 0 spiro atoms. The summed E-state index contributed by atoms with van der Waals surface area (Å²) >= 11 is 0. The third-order valence-electron chi connectivity index (χ3n) is 6.83. The van der Waals surface area contributed by atoms with Gasteiger partial charge in [0.2, 0.25) is 0 Å². The van der Waals surface area contributed by atoms with Gasteiger partial charge in [-0.2, -0.15) is 5.10 Å². The lowest BCUT2D eigenvalue weighted by Gasteiger charge is -2.27. The number of rotatable bonds is 11. The maximum absolute atomic E-state index is 13.6. The van der Waals surface area contributed by atoms with Crippen LogP contribution < -0.4 is 9.47 Å². The van der Waals surface area contributed by atoms with E-state index < -0.39 is 0 Å². The first-order valence-corrected chi connectivity index (χ1v) is 12.9. The molecule has 4 rings (SSSR count). The fourth-order valence-corrected chi connectivity index (χ4v) is 4.95. The minimum Gasteiger partial charge on any atom is -0.507 e. The molecule has 192 valence electrons. The number of methoxy groups -OCH3 is 1. The number of fused-ring (bicyclic) bond motifs is 1. The van der Waals surface area contributed by atoms with Gasteiger partial charge in [-0.05, 0) is 61.6 Å². The Balaban J connectivity index is 1.82. The summed E-state index contributed by atoms with van der Waals surface area (Å²) in [6.45, 7) is 9.40. The number of carbonyl (C=O) groups is 1. The Kier molecular flexibility index (Phi) is 7.87. The lowest BCUT2D eigenvalue weighted by Crippen LogP contribution is -2.30. The number of benzene rings is 2. The van der Waals surface area contributed by atoms with E-state index in [1.807, 2.05) is 49.1 Å². The molecule has 2 aromatic carbocycles. The summed E-state index contributed by atoms with van der Waals surface area (Å²) in [4.78, 5) is 15.5. The SMILES string of the molecule is CCCCCN1C(=O)c2[nH]nc(-c3cc(C)cc(C)c3O)c2C1c1ccc(OCCCC)c(OC)c1. The van der Waals surface area contributed by atoms with Crippen LogP contribution in [-0.4, -0.2) is 46.4 Å². The van der Waals surface area contributed by atoms with Crippen molar-refractivity contribution in [2.24, 2.45) is 0 Å². The van der Waals surface area contributed by atoms with Gasteiger partial charge >= 0.3 is 0 Å². The van der Waals surface area contributed by atoms with E-state index in [4.69, 9.17) is 9.47 Å². The maximum Gasteiger partial charge on any atom is 0.273 e. The summed E-state index contributed by atoms with van der Waals surface area (Å²) in [5.41, 5.74) is 5.22. The zero-order chi connectivity index (χ0) is 25.8. The molecule has 0 radical (unpaired) electrons. The molecule has 0 bridgehead atoms. The lowest BCUT2D eigenvalue weighted by atomic mass is 9.93. The van der Waals surface area contributed by atoms with Crippen molar-refractivity contribution in [3.63, 3.8) is 0 Å². The number of carbonyl (C=O) groups excluding carboxylic acids is 1. The molecule has 3 aromatic rings. The smallest absolute Gasteiger partial charge is 0.273 e. The number of nitrogens with one attached hydrogen (secondary N) is 1. The van der Waals surface area contributed by atoms with Crippen molar-refractivity contribution in [1.82, 2.24) is 15.1 Å². The Morgan fingerprint density at radius 3 is 2.56 bits per heavy atom. The predicted molar refractivity (Wildman–Crippen MR) is 141 cm³/mol. The summed E-state index contributed by atoms with van der Waals surface area (Å²) in [7, 11) is 1.63. The van der Waals surface area contributed by atoms with Crippen molar-refractivity contribution in [2.75, 3.05) is 20.3 Å². The molecule has 1 aliphatic rings. The van der Waals surface area contributed by atoms with Crippen LogP contribution >= 0.6 is 0 Å². The molecule has 1 atom stereocenters. The number of aryl methyl sites for hydroxylation is 2. The van der Waals surface area contributed by atoms with Gasteiger partial charge in [-0.3, -0.25) is 9.89 Å². The second kappa shape index (κ2) is 11.1. The molecule has 0 saturated heterocycles. The predicted octanol–water partition coefficient (Wildman–Crippen LogP) is 6.32. The highest BCUT2D eigenvalue weighted by Gasteiger charge is 2.42. The van der Waals surface area contributed by atoms with Gasteiger partial charge in [0.25, 0.3) is 5.91 Å². The first kappa shape index (κ1) is 25.6. The third-order valence-corrected chi connectivity index (χ3v) is 6.83. The minimum atomic E-state index is -0.350. The van der Waals surface area contributed by atoms with Crippen LogP contribution in [0.5, 0.6) is 17.2 Å². The first-order valence-electron chi connectivity index (χ1n) is 12.9. The van der Waals surface area contributed by atoms with Crippen LogP contribution in [0.3, 0.4) is 0 Å². The van der Waals surface area contributed by atoms with Crippen LogP contribution in [-0.2, 0) is 0 Å². The highest BCUT2D eigenvalue weighted by Crippen LogP contribution is 2.46. The number of unbranched alkanes of at least 4 members (excludes halogenated alkanes) is 3. The average Bonchev–Trinajstić information content (AvgIpc) is 3.41. The molecular formula is C29H37N3O4. The molecule has 1 aromatic heterocycles. The highest BCUT2D eigenvalue weighted by atomic mass is 16.5. The molecule has 36 heavy (non-hydrogen) atoms. The summed E-state index contributed by atoms with van der Waals surface area (Å²) in [5, 5.41) is 18.4. The molecule has 0 aliphatic carbocycles. The van der Waals surface area contributed by atoms with E-state index in [0.717, 1.165) is 54.4 Å². The van der Waals surface area contributed by atoms with Crippen molar-refractivity contribution >= 4 is 5.91 Å². The second-order valence-electron chi connectivity index (χ2n) is 9.56. The summed E-state index contributed by atoms with van der Waals surface area (Å²) in [6, 6.07) is 9.39. The fourth-order valence-electron chi connectivity index (χ4n) is 4.95. The molecule has 2 N–H and O–H groups in total. The van der Waals surface area contributed by atoms with Gasteiger partial charge in [-0.25, -0.2) is 0 Å². The van der Waals surface area contributed by atoms with E-state index in [2.05, 4.69) is 24.0 Å². The van der Waals surface area contributed by atoms with Crippen molar-refractivity contribution in [1.29, 1.82) is 0 Å². The first-order chi connectivity index (χ1) is 17.4. The lowest BCUT2D eigenvalue weighted by molar-refractivity contribution is 0.0740. The number of aromatic amines is 1. The van der Waals surface area contributed by atoms with Crippen LogP contribution in [0.4, 0.5) is 0 Å². The molecule has 7 nitrogen and oxygen atoms in total. The Hall–Kier alpha value is -3.48. The Morgan fingerprint density at radius 1 is 1.06 bits per heavy atom. The van der Waals surface area contributed by atoms with E-state index in [1.165, 1.54) is 0 Å². The van der Waals surface area contributed by atoms with Gasteiger partial charge in [0, 0.05) is 17.7 Å². The summed E-state index contributed by atoms with van der Waals surface area (Å²) in [6.07, 6.45) is 5.04. The maximum atomic E-state index is 13.6. The van der Waals surface area contributed by atoms with E-state index in [0.29, 0.717) is 41.6 Å². The zero-order valence-electron chi connectivity index (χ0n) is 22.0. The zero-order valence-corrected chi connectivity index (χ0v) is 22.0. The Bertz CT molecular complexity index is 1230. The van der Waals surface area contributed by atoms with Gasteiger partial charge in [-0.15, -0.1) is 0 Å². The summed E-state index contributed by atoms with van der Waals surface area (Å²) in [5.74, 6) is 1.44. The van der Waals surface area contributed by atoms with E-state index >= 15 is 0 Å². The molecule has 7 heteroatoms. The highest BCUT2D eigenvalue weighted by molar-refractivity contribution is 6.00. The number of hydrogen-bond donors (Lipinski definition) is 2. The number of aromatic hydroxyl groups is 1. The largest absolute Gasteiger partial charge is 0.507 e. The number of nitrogens with zero attached hydrogens (tertiary/aromatic N) is 2. The second-order valence-corrected chi connectivity index (χ2v) is 9.56. The molecule has 0 fully saturated rings. The van der Waals surface area contributed by atoms with Crippen molar-refractivity contribution in [3.05, 3.63) is 58.3 Å². The van der Waals surface area contributed by atoms with Gasteiger partial charge in [0.15, 0.2) is 11.5 Å². The van der Waals surface area contributed by atoms with Crippen molar-refractivity contribution in [3.8, 4) is 28.5 Å². The van der Waals surface area contributed by atoms with Crippen molar-refractivity contribution in [2.45, 2.75) is 65.8 Å². The van der Waals surface area contributed by atoms with Gasteiger partial charge in [0.05, 0.1) is 19.8 Å². The van der Waals surface area contributed by atoms with Crippen LogP contribution in [0, 0.1) is 13.8 Å². The van der Waals surface area contributed by atoms with Crippen LogP contribution in [0.2, 0.25) is 0 Å².